The van der Waals surface area contributed by atoms with Crippen LogP contribution in [0.25, 0.3) is 0 Å². The van der Waals surface area contributed by atoms with Crippen molar-refractivity contribution in [3.05, 3.63) is 56.5 Å². The molecule has 0 saturated carbocycles. The van der Waals surface area contributed by atoms with Crippen molar-refractivity contribution in [2.24, 2.45) is 0 Å². The molecule has 0 unspecified atom stereocenters. The van der Waals surface area contributed by atoms with Gasteiger partial charge in [0.1, 0.15) is 0 Å². The second-order valence-electron chi connectivity index (χ2n) is 3.78. The van der Waals surface area contributed by atoms with Gasteiger partial charge in [-0.1, -0.05) is 6.07 Å². The van der Waals surface area contributed by atoms with E-state index in [2.05, 4.69) is 15.3 Å². The minimum atomic E-state index is 0.00813. The SMILES string of the molecule is O=c1c(I)cncn1CCNCc1cccnc1. The first kappa shape index (κ1) is 13.2. The highest BCUT2D eigenvalue weighted by atomic mass is 127. The fraction of sp³-hybridized carbons (Fsp3) is 0.250. The maximum absolute atomic E-state index is 11.7. The summed E-state index contributed by atoms with van der Waals surface area (Å²) >= 11 is 2.00. The summed E-state index contributed by atoms with van der Waals surface area (Å²) < 4.78 is 2.25. The summed E-state index contributed by atoms with van der Waals surface area (Å²) in [4.78, 5) is 19.8. The summed E-state index contributed by atoms with van der Waals surface area (Å²) in [5.41, 5.74) is 1.14. The second-order valence-corrected chi connectivity index (χ2v) is 4.94. The largest absolute Gasteiger partial charge is 0.311 e. The third-order valence-corrected chi connectivity index (χ3v) is 3.18. The topological polar surface area (TPSA) is 59.8 Å². The third kappa shape index (κ3) is 3.61. The molecule has 0 aliphatic rings. The van der Waals surface area contributed by atoms with Gasteiger partial charge in [-0.05, 0) is 34.2 Å². The van der Waals surface area contributed by atoms with Gasteiger partial charge in [-0.15, -0.1) is 0 Å². The molecular weight excluding hydrogens is 343 g/mol. The van der Waals surface area contributed by atoms with Crippen molar-refractivity contribution in [1.82, 2.24) is 19.9 Å². The Hall–Kier alpha value is -1.28. The van der Waals surface area contributed by atoms with Gasteiger partial charge in [-0.25, -0.2) is 4.98 Å². The molecule has 18 heavy (non-hydrogen) atoms. The van der Waals surface area contributed by atoms with Crippen molar-refractivity contribution in [2.45, 2.75) is 13.1 Å². The van der Waals surface area contributed by atoms with Crippen LogP contribution in [0.1, 0.15) is 5.56 Å². The smallest absolute Gasteiger partial charge is 0.266 e. The van der Waals surface area contributed by atoms with E-state index in [1.807, 2.05) is 40.9 Å². The van der Waals surface area contributed by atoms with Crippen LogP contribution in [0.4, 0.5) is 0 Å². The minimum Gasteiger partial charge on any atom is -0.311 e. The highest BCUT2D eigenvalue weighted by Crippen LogP contribution is 1.95. The number of hydrogen-bond acceptors (Lipinski definition) is 4. The Morgan fingerprint density at radius 2 is 2.22 bits per heavy atom. The molecule has 0 atom stereocenters. The molecule has 2 aromatic heterocycles. The van der Waals surface area contributed by atoms with E-state index in [4.69, 9.17) is 0 Å². The summed E-state index contributed by atoms with van der Waals surface area (Å²) in [6.45, 7) is 2.08. The van der Waals surface area contributed by atoms with E-state index in [9.17, 15) is 4.79 Å². The molecule has 0 aliphatic heterocycles. The molecule has 1 N–H and O–H groups in total. The van der Waals surface area contributed by atoms with Crippen molar-refractivity contribution in [2.75, 3.05) is 6.54 Å². The number of halogens is 1. The van der Waals surface area contributed by atoms with Gasteiger partial charge in [0, 0.05) is 38.2 Å². The quantitative estimate of drug-likeness (QED) is 0.642. The van der Waals surface area contributed by atoms with Gasteiger partial charge in [0.2, 0.25) is 0 Å². The molecule has 0 saturated heterocycles. The molecular formula is C12H13IN4O. The first-order valence-electron chi connectivity index (χ1n) is 5.57. The maximum atomic E-state index is 11.7. The van der Waals surface area contributed by atoms with Crippen LogP contribution in [-0.2, 0) is 13.1 Å². The predicted octanol–water partition coefficient (Wildman–Crippen LogP) is 1.03. The molecule has 2 rings (SSSR count). The van der Waals surface area contributed by atoms with Gasteiger partial charge in [-0.2, -0.15) is 0 Å². The molecule has 0 bridgehead atoms. The molecule has 2 heterocycles. The van der Waals surface area contributed by atoms with Crippen LogP contribution in [0.15, 0.2) is 41.8 Å². The minimum absolute atomic E-state index is 0.00813. The van der Waals surface area contributed by atoms with Crippen molar-refractivity contribution < 1.29 is 0 Å². The molecule has 0 radical (unpaired) electrons. The molecule has 0 amide bonds. The van der Waals surface area contributed by atoms with Crippen molar-refractivity contribution >= 4 is 22.6 Å². The van der Waals surface area contributed by atoms with Crippen molar-refractivity contribution in [3.63, 3.8) is 0 Å². The van der Waals surface area contributed by atoms with Crippen LogP contribution < -0.4 is 10.9 Å². The monoisotopic (exact) mass is 356 g/mol. The van der Waals surface area contributed by atoms with Crippen LogP contribution in [0.5, 0.6) is 0 Å². The van der Waals surface area contributed by atoms with Crippen molar-refractivity contribution in [1.29, 1.82) is 0 Å². The molecule has 94 valence electrons. The first-order chi connectivity index (χ1) is 8.77. The van der Waals surface area contributed by atoms with Crippen LogP contribution in [-0.4, -0.2) is 21.1 Å². The van der Waals surface area contributed by atoms with E-state index < -0.39 is 0 Å². The first-order valence-corrected chi connectivity index (χ1v) is 6.65. The van der Waals surface area contributed by atoms with E-state index in [0.717, 1.165) is 18.7 Å². The van der Waals surface area contributed by atoms with E-state index in [1.165, 1.54) is 0 Å². The maximum Gasteiger partial charge on any atom is 0.266 e. The van der Waals surface area contributed by atoms with E-state index in [-0.39, 0.29) is 5.56 Å². The van der Waals surface area contributed by atoms with Gasteiger partial charge in [-0.3, -0.25) is 14.3 Å². The number of nitrogens with zero attached hydrogens (tertiary/aromatic N) is 3. The standard InChI is InChI=1S/C12H13IN4O/c13-11-8-16-9-17(12(11)18)5-4-15-7-10-2-1-3-14-6-10/h1-3,6,8-9,15H,4-5,7H2. The molecule has 0 fully saturated rings. The number of aromatic nitrogens is 3. The Kier molecular flexibility index (Phi) is 4.82. The number of pyridine rings is 1. The molecule has 0 aliphatic carbocycles. The van der Waals surface area contributed by atoms with Gasteiger partial charge in [0.25, 0.3) is 5.56 Å². The summed E-state index contributed by atoms with van der Waals surface area (Å²) in [6, 6.07) is 3.92. The van der Waals surface area contributed by atoms with Gasteiger partial charge in [0.15, 0.2) is 0 Å². The van der Waals surface area contributed by atoms with Crippen LogP contribution >= 0.6 is 22.6 Å². The second kappa shape index (κ2) is 6.60. The molecule has 5 nitrogen and oxygen atoms in total. The highest BCUT2D eigenvalue weighted by Gasteiger charge is 2.00. The Morgan fingerprint density at radius 3 is 3.00 bits per heavy atom. The summed E-state index contributed by atoms with van der Waals surface area (Å²) in [5.74, 6) is 0. The number of rotatable bonds is 5. The summed E-state index contributed by atoms with van der Waals surface area (Å²) in [7, 11) is 0. The lowest BCUT2D eigenvalue weighted by Crippen LogP contribution is -2.28. The zero-order valence-corrected chi connectivity index (χ0v) is 11.9. The number of hydrogen-bond donors (Lipinski definition) is 1. The van der Waals surface area contributed by atoms with Gasteiger partial charge < -0.3 is 5.32 Å². The van der Waals surface area contributed by atoms with E-state index in [1.54, 1.807) is 23.3 Å². The molecule has 0 spiro atoms. The zero-order valence-electron chi connectivity index (χ0n) is 9.71. The van der Waals surface area contributed by atoms with E-state index in [0.29, 0.717) is 10.1 Å². The normalized spacial score (nSPS) is 10.5. The Labute approximate surface area is 118 Å². The zero-order chi connectivity index (χ0) is 12.8. The lowest BCUT2D eigenvalue weighted by Gasteiger charge is -2.07. The van der Waals surface area contributed by atoms with Gasteiger partial charge in [0.05, 0.1) is 9.90 Å². The molecule has 6 heteroatoms. The van der Waals surface area contributed by atoms with Gasteiger partial charge >= 0.3 is 0 Å². The summed E-state index contributed by atoms with van der Waals surface area (Å²) in [5, 5.41) is 3.27. The van der Waals surface area contributed by atoms with Crippen LogP contribution in [0.2, 0.25) is 0 Å². The predicted molar refractivity (Wildman–Crippen MR) is 77.2 cm³/mol. The molecule has 0 aromatic carbocycles. The van der Waals surface area contributed by atoms with E-state index >= 15 is 0 Å². The van der Waals surface area contributed by atoms with Crippen LogP contribution in [0, 0.1) is 3.57 Å². The average molecular weight is 356 g/mol. The van der Waals surface area contributed by atoms with Crippen LogP contribution in [0.3, 0.4) is 0 Å². The Balaban J connectivity index is 1.82. The highest BCUT2D eigenvalue weighted by molar-refractivity contribution is 14.1. The Bertz CT molecular complexity index is 556. The Morgan fingerprint density at radius 1 is 1.33 bits per heavy atom. The fourth-order valence-corrected chi connectivity index (χ4v) is 1.99. The fourth-order valence-electron chi connectivity index (χ4n) is 1.52. The average Bonchev–Trinajstić information content (AvgIpc) is 2.40. The lowest BCUT2D eigenvalue weighted by atomic mass is 10.3. The third-order valence-electron chi connectivity index (χ3n) is 2.44. The lowest BCUT2D eigenvalue weighted by molar-refractivity contribution is 0.576. The summed E-state index contributed by atoms with van der Waals surface area (Å²) in [6.07, 6.45) is 6.71. The van der Waals surface area contributed by atoms with Crippen molar-refractivity contribution in [3.8, 4) is 0 Å². The number of nitrogens with one attached hydrogen (secondary N) is 1. The molecule has 2 aromatic rings.